The molecule has 0 heterocycles. The summed E-state index contributed by atoms with van der Waals surface area (Å²) in [6, 6.07) is 5.30. The molecule has 6 heteroatoms. The van der Waals surface area contributed by atoms with E-state index in [1.54, 1.807) is 12.1 Å². The summed E-state index contributed by atoms with van der Waals surface area (Å²) in [6.07, 6.45) is 3.32. The van der Waals surface area contributed by atoms with Crippen molar-refractivity contribution < 1.29 is 23.8 Å². The van der Waals surface area contributed by atoms with Gasteiger partial charge in [-0.3, -0.25) is 0 Å². The van der Waals surface area contributed by atoms with Crippen LogP contribution in [-0.2, 0) is 19.1 Å². The lowest BCUT2D eigenvalue weighted by Crippen LogP contribution is -2.15. The van der Waals surface area contributed by atoms with Gasteiger partial charge in [-0.15, -0.1) is 0 Å². The molecule has 5 nitrogen and oxygen atoms in total. The van der Waals surface area contributed by atoms with Crippen molar-refractivity contribution in [3.8, 4) is 5.75 Å². The fourth-order valence-electron chi connectivity index (χ4n) is 1.64. The molecule has 1 aromatic carbocycles. The molecule has 0 spiro atoms. The van der Waals surface area contributed by atoms with E-state index in [0.717, 1.165) is 10.0 Å². The van der Waals surface area contributed by atoms with Crippen molar-refractivity contribution in [2.24, 2.45) is 0 Å². The van der Waals surface area contributed by atoms with Crippen molar-refractivity contribution in [1.29, 1.82) is 0 Å². The Bertz CT molecular complexity index is 624. The second-order valence-electron chi connectivity index (χ2n) is 4.82. The minimum Gasteiger partial charge on any atom is -0.489 e. The highest BCUT2D eigenvalue weighted by molar-refractivity contribution is 9.10. The number of hydrogen-bond donors (Lipinski definition) is 0. The molecule has 0 unspecified atom stereocenters. The van der Waals surface area contributed by atoms with Gasteiger partial charge in [0.25, 0.3) is 0 Å². The van der Waals surface area contributed by atoms with Crippen LogP contribution in [0.1, 0.15) is 19.4 Å². The lowest BCUT2D eigenvalue weighted by molar-refractivity contribution is -0.143. The van der Waals surface area contributed by atoms with Crippen molar-refractivity contribution in [3.63, 3.8) is 0 Å². The lowest BCUT2D eigenvalue weighted by Gasteiger charge is -2.10. The fraction of sp³-hybridized carbons (Fsp3) is 0.294. The molecule has 0 aliphatic rings. The number of halogens is 1. The van der Waals surface area contributed by atoms with E-state index in [1.165, 1.54) is 20.3 Å². The largest absolute Gasteiger partial charge is 0.489 e. The van der Waals surface area contributed by atoms with Gasteiger partial charge in [0.2, 0.25) is 0 Å². The van der Waals surface area contributed by atoms with Crippen molar-refractivity contribution in [3.05, 3.63) is 45.5 Å². The van der Waals surface area contributed by atoms with Gasteiger partial charge in [0.05, 0.1) is 14.2 Å². The number of esters is 2. The summed E-state index contributed by atoms with van der Waals surface area (Å²) >= 11 is 3.36. The standard InChI is InChI=1S/C17H19BrO5/c1-11(2)7-8-23-15-6-5-13(18)9-12(15)10-14(16(19)21-3)17(20)22-4/h5-7,9-10H,8H2,1-4H3. The van der Waals surface area contributed by atoms with Gasteiger partial charge in [-0.2, -0.15) is 0 Å². The maximum atomic E-state index is 11.8. The predicted octanol–water partition coefficient (Wildman–Crippen LogP) is 3.52. The Morgan fingerprint density at radius 2 is 1.74 bits per heavy atom. The Kier molecular flexibility index (Phi) is 7.54. The molecule has 0 radical (unpaired) electrons. The van der Waals surface area contributed by atoms with Gasteiger partial charge in [0.15, 0.2) is 0 Å². The second-order valence-corrected chi connectivity index (χ2v) is 5.73. The van der Waals surface area contributed by atoms with Crippen LogP contribution in [0.4, 0.5) is 0 Å². The SMILES string of the molecule is COC(=O)C(=Cc1cc(Br)ccc1OCC=C(C)C)C(=O)OC. The van der Waals surface area contributed by atoms with Crippen molar-refractivity contribution >= 4 is 33.9 Å². The molecular formula is C17H19BrO5. The number of benzene rings is 1. The van der Waals surface area contributed by atoms with Gasteiger partial charge in [0, 0.05) is 10.0 Å². The van der Waals surface area contributed by atoms with Crippen LogP contribution < -0.4 is 4.74 Å². The number of ether oxygens (including phenoxy) is 3. The number of allylic oxidation sites excluding steroid dienone is 1. The molecule has 0 atom stereocenters. The van der Waals surface area contributed by atoms with E-state index in [9.17, 15) is 9.59 Å². The predicted molar refractivity (Wildman–Crippen MR) is 91.1 cm³/mol. The molecule has 0 saturated heterocycles. The van der Waals surface area contributed by atoms with Crippen molar-refractivity contribution in [2.45, 2.75) is 13.8 Å². The second kappa shape index (κ2) is 9.15. The fourth-order valence-corrected chi connectivity index (χ4v) is 2.02. The molecule has 0 aromatic heterocycles. The van der Waals surface area contributed by atoms with Crippen LogP contribution in [0.5, 0.6) is 5.75 Å². The minimum atomic E-state index is -0.771. The zero-order valence-corrected chi connectivity index (χ0v) is 15.1. The monoisotopic (exact) mass is 382 g/mol. The summed E-state index contributed by atoms with van der Waals surface area (Å²) in [5.74, 6) is -1.00. The normalized spacial score (nSPS) is 9.61. The van der Waals surface area contributed by atoms with Gasteiger partial charge in [-0.05, 0) is 44.2 Å². The van der Waals surface area contributed by atoms with E-state index in [4.69, 9.17) is 4.74 Å². The summed E-state index contributed by atoms with van der Waals surface area (Å²) in [6.45, 7) is 4.33. The summed E-state index contributed by atoms with van der Waals surface area (Å²) in [7, 11) is 2.40. The Morgan fingerprint density at radius 1 is 1.13 bits per heavy atom. The van der Waals surface area contributed by atoms with Gasteiger partial charge in [-0.1, -0.05) is 21.5 Å². The lowest BCUT2D eigenvalue weighted by atomic mass is 10.1. The molecule has 0 fully saturated rings. The van der Waals surface area contributed by atoms with Crippen LogP contribution in [0.3, 0.4) is 0 Å². The first-order valence-corrected chi connectivity index (χ1v) is 7.62. The van der Waals surface area contributed by atoms with E-state index < -0.39 is 11.9 Å². The van der Waals surface area contributed by atoms with E-state index in [-0.39, 0.29) is 5.57 Å². The molecule has 1 aromatic rings. The van der Waals surface area contributed by atoms with E-state index >= 15 is 0 Å². The maximum absolute atomic E-state index is 11.8. The van der Waals surface area contributed by atoms with Crippen LogP contribution in [0.15, 0.2) is 39.9 Å². The molecule has 0 bridgehead atoms. The maximum Gasteiger partial charge on any atom is 0.345 e. The smallest absolute Gasteiger partial charge is 0.345 e. The van der Waals surface area contributed by atoms with Crippen LogP contribution in [0.25, 0.3) is 6.08 Å². The highest BCUT2D eigenvalue weighted by atomic mass is 79.9. The molecular weight excluding hydrogens is 364 g/mol. The number of carbonyl (C=O) groups excluding carboxylic acids is 2. The van der Waals surface area contributed by atoms with Gasteiger partial charge in [0.1, 0.15) is 17.9 Å². The van der Waals surface area contributed by atoms with E-state index in [2.05, 4.69) is 25.4 Å². The average molecular weight is 383 g/mol. The highest BCUT2D eigenvalue weighted by Crippen LogP contribution is 2.26. The van der Waals surface area contributed by atoms with Gasteiger partial charge < -0.3 is 14.2 Å². The minimum absolute atomic E-state index is 0.208. The highest BCUT2D eigenvalue weighted by Gasteiger charge is 2.20. The van der Waals surface area contributed by atoms with Crippen molar-refractivity contribution in [2.75, 3.05) is 20.8 Å². The molecule has 1 rings (SSSR count). The molecule has 0 N–H and O–H groups in total. The van der Waals surface area contributed by atoms with E-state index in [1.807, 2.05) is 26.0 Å². The number of methoxy groups -OCH3 is 2. The number of hydrogen-bond acceptors (Lipinski definition) is 5. The number of rotatable bonds is 6. The topological polar surface area (TPSA) is 61.8 Å². The van der Waals surface area contributed by atoms with E-state index in [0.29, 0.717) is 17.9 Å². The summed E-state index contributed by atoms with van der Waals surface area (Å²) in [4.78, 5) is 23.5. The van der Waals surface area contributed by atoms with Crippen LogP contribution in [0.2, 0.25) is 0 Å². The number of carbonyl (C=O) groups is 2. The first-order valence-electron chi connectivity index (χ1n) is 6.83. The zero-order chi connectivity index (χ0) is 17.4. The molecule has 0 amide bonds. The molecule has 0 aliphatic carbocycles. The third-order valence-electron chi connectivity index (χ3n) is 2.81. The Labute approximate surface area is 144 Å². The first-order chi connectivity index (χ1) is 10.9. The molecule has 124 valence electrons. The average Bonchev–Trinajstić information content (AvgIpc) is 2.52. The Morgan fingerprint density at radius 3 is 2.26 bits per heavy atom. The van der Waals surface area contributed by atoms with Crippen LogP contribution in [0, 0.1) is 0 Å². The third-order valence-corrected chi connectivity index (χ3v) is 3.31. The Balaban J connectivity index is 3.24. The summed E-state index contributed by atoms with van der Waals surface area (Å²) < 4.78 is 15.7. The molecule has 0 aliphatic heterocycles. The summed E-state index contributed by atoms with van der Waals surface area (Å²) in [5.41, 5.74) is 1.48. The van der Waals surface area contributed by atoms with Gasteiger partial charge in [-0.25, -0.2) is 9.59 Å². The Hall–Kier alpha value is -2.08. The third kappa shape index (κ3) is 5.90. The quantitative estimate of drug-likeness (QED) is 0.247. The zero-order valence-electron chi connectivity index (χ0n) is 13.5. The first kappa shape index (κ1) is 19.0. The summed E-state index contributed by atoms with van der Waals surface area (Å²) in [5, 5.41) is 0. The van der Waals surface area contributed by atoms with Gasteiger partial charge >= 0.3 is 11.9 Å². The molecule has 23 heavy (non-hydrogen) atoms. The van der Waals surface area contributed by atoms with Crippen molar-refractivity contribution in [1.82, 2.24) is 0 Å². The van der Waals surface area contributed by atoms with Crippen LogP contribution >= 0.6 is 15.9 Å². The van der Waals surface area contributed by atoms with Crippen LogP contribution in [-0.4, -0.2) is 32.8 Å². The molecule has 0 saturated carbocycles.